The lowest BCUT2D eigenvalue weighted by molar-refractivity contribution is -0.122. The van der Waals surface area contributed by atoms with Gasteiger partial charge in [-0.15, -0.1) is 0 Å². The number of aryl methyl sites for hydroxylation is 1. The van der Waals surface area contributed by atoms with Gasteiger partial charge in [0.2, 0.25) is 5.91 Å². The number of anilines is 1. The normalized spacial score (nSPS) is 19.3. The van der Waals surface area contributed by atoms with Crippen LogP contribution in [0, 0.1) is 5.92 Å². The number of hydrogen-bond donors (Lipinski definition) is 2. The molecule has 0 saturated carbocycles. The lowest BCUT2D eigenvalue weighted by atomic mass is 10.1. The van der Waals surface area contributed by atoms with Crippen LogP contribution in [-0.4, -0.2) is 18.6 Å². The van der Waals surface area contributed by atoms with Crippen LogP contribution < -0.4 is 10.8 Å². The Morgan fingerprint density at radius 3 is 3.00 bits per heavy atom. The Labute approximate surface area is 108 Å². The van der Waals surface area contributed by atoms with Crippen molar-refractivity contribution < 1.29 is 9.63 Å². The van der Waals surface area contributed by atoms with E-state index in [9.17, 15) is 4.79 Å². The molecule has 2 N–H and O–H groups in total. The summed E-state index contributed by atoms with van der Waals surface area (Å²) in [4.78, 5) is 17.3. The zero-order valence-corrected chi connectivity index (χ0v) is 10.9. The molecular formula is C14H20N2O2. The maximum Gasteiger partial charge on any atom is 0.243 e. The Hall–Kier alpha value is -1.39. The zero-order valence-electron chi connectivity index (χ0n) is 10.9. The van der Waals surface area contributed by atoms with E-state index in [2.05, 4.69) is 24.6 Å². The highest BCUT2D eigenvalue weighted by Gasteiger charge is 2.23. The van der Waals surface area contributed by atoms with Crippen LogP contribution in [0.4, 0.5) is 5.69 Å². The van der Waals surface area contributed by atoms with E-state index in [1.54, 1.807) is 0 Å². The fourth-order valence-corrected chi connectivity index (χ4v) is 1.94. The molecule has 1 aromatic carbocycles. The number of carbonyl (C=O) groups is 1. The highest BCUT2D eigenvalue weighted by Crippen LogP contribution is 2.21. The molecule has 1 amide bonds. The summed E-state index contributed by atoms with van der Waals surface area (Å²) in [6, 6.07) is 7.63. The molecule has 1 aliphatic heterocycles. The van der Waals surface area contributed by atoms with Crippen molar-refractivity contribution in [1.82, 2.24) is 5.48 Å². The van der Waals surface area contributed by atoms with E-state index in [1.165, 1.54) is 5.56 Å². The van der Waals surface area contributed by atoms with Gasteiger partial charge in [-0.2, -0.15) is 5.48 Å². The van der Waals surface area contributed by atoms with E-state index in [4.69, 9.17) is 4.84 Å². The predicted octanol–water partition coefficient (Wildman–Crippen LogP) is 2.12. The van der Waals surface area contributed by atoms with Crippen LogP contribution in [0.5, 0.6) is 0 Å². The monoisotopic (exact) mass is 248 g/mol. The van der Waals surface area contributed by atoms with Crippen LogP contribution in [0.1, 0.15) is 25.8 Å². The average molecular weight is 248 g/mol. The van der Waals surface area contributed by atoms with Crippen LogP contribution in [0.3, 0.4) is 0 Å². The molecule has 1 atom stereocenters. The highest BCUT2D eigenvalue weighted by atomic mass is 16.6. The van der Waals surface area contributed by atoms with E-state index in [0.717, 1.165) is 18.5 Å². The summed E-state index contributed by atoms with van der Waals surface area (Å²) in [5, 5.41) is 2.93. The second-order valence-corrected chi connectivity index (χ2v) is 5.06. The first-order chi connectivity index (χ1) is 8.66. The molecule has 98 valence electrons. The summed E-state index contributed by atoms with van der Waals surface area (Å²) in [5.41, 5.74) is 4.96. The molecule has 1 aromatic rings. The average Bonchev–Trinajstić information content (AvgIpc) is 2.49. The third-order valence-electron chi connectivity index (χ3n) is 2.94. The van der Waals surface area contributed by atoms with E-state index in [-0.39, 0.29) is 11.9 Å². The maximum atomic E-state index is 12.0. The molecule has 4 heteroatoms. The lowest BCUT2D eigenvalue weighted by Crippen LogP contribution is -2.40. The van der Waals surface area contributed by atoms with Crippen LogP contribution >= 0.6 is 0 Å². The van der Waals surface area contributed by atoms with Crippen molar-refractivity contribution in [1.29, 1.82) is 0 Å². The molecule has 1 aliphatic rings. The minimum atomic E-state index is -0.281. The third kappa shape index (κ3) is 3.31. The Morgan fingerprint density at radius 2 is 2.22 bits per heavy atom. The zero-order chi connectivity index (χ0) is 13.0. The number of benzene rings is 1. The molecule has 1 unspecified atom stereocenters. The van der Waals surface area contributed by atoms with Gasteiger partial charge in [-0.3, -0.25) is 4.79 Å². The number of rotatable bonds is 4. The molecule has 0 bridgehead atoms. The van der Waals surface area contributed by atoms with Gasteiger partial charge in [0.05, 0.1) is 6.61 Å². The predicted molar refractivity (Wildman–Crippen MR) is 71.1 cm³/mol. The van der Waals surface area contributed by atoms with Crippen LogP contribution in [0.15, 0.2) is 24.3 Å². The summed E-state index contributed by atoms with van der Waals surface area (Å²) >= 11 is 0. The summed E-state index contributed by atoms with van der Waals surface area (Å²) in [6.07, 6.45) is 1.62. The molecule has 0 aromatic heterocycles. The molecule has 4 nitrogen and oxygen atoms in total. The van der Waals surface area contributed by atoms with Crippen LogP contribution in [-0.2, 0) is 16.1 Å². The first-order valence-electron chi connectivity index (χ1n) is 6.43. The summed E-state index contributed by atoms with van der Waals surface area (Å²) in [6.45, 7) is 4.76. The molecule has 18 heavy (non-hydrogen) atoms. The van der Waals surface area contributed by atoms with E-state index in [0.29, 0.717) is 12.5 Å². The smallest absolute Gasteiger partial charge is 0.243 e. The Kier molecular flexibility index (Phi) is 4.33. The largest absolute Gasteiger partial charge is 0.324 e. The van der Waals surface area contributed by atoms with Gasteiger partial charge >= 0.3 is 0 Å². The number of hydrogen-bond acceptors (Lipinski definition) is 3. The van der Waals surface area contributed by atoms with Crippen molar-refractivity contribution in [2.24, 2.45) is 5.92 Å². The molecular weight excluding hydrogens is 228 g/mol. The minimum absolute atomic E-state index is 0.0243. The van der Waals surface area contributed by atoms with Crippen molar-refractivity contribution in [3.63, 3.8) is 0 Å². The van der Waals surface area contributed by atoms with Gasteiger partial charge in [0.15, 0.2) is 0 Å². The molecule has 0 saturated heterocycles. The topological polar surface area (TPSA) is 50.4 Å². The van der Waals surface area contributed by atoms with Crippen LogP contribution in [0.25, 0.3) is 0 Å². The number of hydroxylamine groups is 1. The Morgan fingerprint density at radius 1 is 1.44 bits per heavy atom. The van der Waals surface area contributed by atoms with Crippen molar-refractivity contribution in [2.45, 2.75) is 32.7 Å². The van der Waals surface area contributed by atoms with Gasteiger partial charge in [0, 0.05) is 5.69 Å². The number of fused-ring (bicyclic) bond motifs is 1. The Balaban J connectivity index is 1.95. The maximum absolute atomic E-state index is 12.0. The lowest BCUT2D eigenvalue weighted by Gasteiger charge is -2.15. The number of amides is 1. The molecule has 0 spiro atoms. The molecule has 2 rings (SSSR count). The van der Waals surface area contributed by atoms with Gasteiger partial charge in [0.1, 0.15) is 6.04 Å². The Bertz CT molecular complexity index is 418. The minimum Gasteiger partial charge on any atom is -0.324 e. The fraction of sp³-hybridized carbons (Fsp3) is 0.500. The van der Waals surface area contributed by atoms with Crippen molar-refractivity contribution >= 4 is 11.6 Å². The van der Waals surface area contributed by atoms with Gasteiger partial charge in [-0.05, 0) is 30.4 Å². The first kappa shape index (κ1) is 13.1. The van der Waals surface area contributed by atoms with E-state index in [1.807, 2.05) is 24.3 Å². The first-order valence-corrected chi connectivity index (χ1v) is 6.43. The van der Waals surface area contributed by atoms with Gasteiger partial charge in [0.25, 0.3) is 0 Å². The molecule has 0 aliphatic carbocycles. The van der Waals surface area contributed by atoms with Crippen LogP contribution in [0.2, 0.25) is 0 Å². The number of para-hydroxylation sites is 1. The SMILES string of the molecule is CC(C)CONC1CCc2ccccc2NC1=O. The third-order valence-corrected chi connectivity index (χ3v) is 2.94. The second-order valence-electron chi connectivity index (χ2n) is 5.06. The summed E-state index contributed by atoms with van der Waals surface area (Å²) < 4.78 is 0. The molecule has 0 radical (unpaired) electrons. The molecule has 1 heterocycles. The number of carbonyl (C=O) groups excluding carboxylic acids is 1. The highest BCUT2D eigenvalue weighted by molar-refractivity contribution is 5.96. The molecule has 0 fully saturated rings. The summed E-state index contributed by atoms with van der Waals surface area (Å²) in [5.74, 6) is 0.423. The summed E-state index contributed by atoms with van der Waals surface area (Å²) in [7, 11) is 0. The van der Waals surface area contributed by atoms with E-state index < -0.39 is 0 Å². The quantitative estimate of drug-likeness (QED) is 0.802. The van der Waals surface area contributed by atoms with E-state index >= 15 is 0 Å². The second kappa shape index (κ2) is 5.98. The van der Waals surface area contributed by atoms with Crippen molar-refractivity contribution in [3.05, 3.63) is 29.8 Å². The fourth-order valence-electron chi connectivity index (χ4n) is 1.94. The van der Waals surface area contributed by atoms with Crippen molar-refractivity contribution in [2.75, 3.05) is 11.9 Å². The van der Waals surface area contributed by atoms with Crippen molar-refractivity contribution in [3.8, 4) is 0 Å². The van der Waals surface area contributed by atoms with Gasteiger partial charge in [-0.1, -0.05) is 32.0 Å². The van der Waals surface area contributed by atoms with Gasteiger partial charge in [-0.25, -0.2) is 0 Å². The number of nitrogens with one attached hydrogen (secondary N) is 2. The standard InChI is InChI=1S/C14H20N2O2/c1-10(2)9-18-16-13-8-7-11-5-3-4-6-12(11)15-14(13)17/h3-6,10,13,16H,7-9H2,1-2H3,(H,15,17). The van der Waals surface area contributed by atoms with Gasteiger partial charge < -0.3 is 10.2 Å².